The molecule has 0 unspecified atom stereocenters. The fourth-order valence-corrected chi connectivity index (χ4v) is 3.77. The molecule has 1 N–H and O–H groups in total. The molecule has 0 fully saturated rings. The zero-order chi connectivity index (χ0) is 19.3. The van der Waals surface area contributed by atoms with Crippen LogP contribution < -0.4 is 5.56 Å². The Hall–Kier alpha value is -3.61. The second-order valence-electron chi connectivity index (χ2n) is 7.05. The number of carbonyl (C=O) groups excluding carboxylic acids is 1. The largest absolute Gasteiger partial charge is 0.347 e. The van der Waals surface area contributed by atoms with Gasteiger partial charge in [-0.05, 0) is 17.7 Å². The monoisotopic (exact) mass is 373 g/mol. The molecule has 0 atom stereocenters. The van der Waals surface area contributed by atoms with Crippen molar-refractivity contribution in [1.29, 1.82) is 0 Å². The van der Waals surface area contributed by atoms with Crippen LogP contribution >= 0.6 is 0 Å². The van der Waals surface area contributed by atoms with Gasteiger partial charge in [-0.2, -0.15) is 0 Å². The van der Waals surface area contributed by atoms with E-state index in [1.165, 1.54) is 4.52 Å². The zero-order valence-corrected chi connectivity index (χ0v) is 15.4. The van der Waals surface area contributed by atoms with E-state index in [0.717, 1.165) is 17.0 Å². The predicted octanol–water partition coefficient (Wildman–Crippen LogP) is 2.23. The highest BCUT2D eigenvalue weighted by Gasteiger charge is 2.27. The van der Waals surface area contributed by atoms with Crippen molar-refractivity contribution in [2.75, 3.05) is 6.54 Å². The Morgan fingerprint density at radius 2 is 1.96 bits per heavy atom. The lowest BCUT2D eigenvalue weighted by atomic mass is 10.1. The third-order valence-corrected chi connectivity index (χ3v) is 5.30. The highest BCUT2D eigenvalue weighted by molar-refractivity contribution is 5.92. The smallest absolute Gasteiger partial charge is 0.277 e. The summed E-state index contributed by atoms with van der Waals surface area (Å²) in [6.45, 7) is 0.823. The molecule has 3 aromatic heterocycles. The van der Waals surface area contributed by atoms with E-state index in [1.54, 1.807) is 15.5 Å². The van der Waals surface area contributed by atoms with Crippen molar-refractivity contribution >= 4 is 11.6 Å². The van der Waals surface area contributed by atoms with Gasteiger partial charge in [-0.15, -0.1) is 0 Å². The number of aryl methyl sites for hydroxylation is 1. The molecular weight excluding hydrogens is 354 g/mol. The second kappa shape index (κ2) is 6.23. The van der Waals surface area contributed by atoms with Crippen LogP contribution in [0.3, 0.4) is 0 Å². The lowest BCUT2D eigenvalue weighted by molar-refractivity contribution is 0.0723. The van der Waals surface area contributed by atoms with Crippen molar-refractivity contribution < 1.29 is 4.79 Å². The molecule has 4 heterocycles. The number of aromatic amines is 1. The number of aromatic nitrogens is 4. The average Bonchev–Trinajstić information content (AvgIpc) is 3.34. The highest BCUT2D eigenvalue weighted by Crippen LogP contribution is 2.21. The van der Waals surface area contributed by atoms with Gasteiger partial charge in [0.15, 0.2) is 5.65 Å². The molecular formula is C21H19N5O2. The molecule has 0 spiro atoms. The number of fused-ring (bicyclic) bond motifs is 2. The lowest BCUT2D eigenvalue weighted by Gasteiger charge is -2.27. The SMILES string of the molecule is Cn1cccc1C(=O)N1CCc2nc3cc(-c4ccccc4)[nH]n3c(=O)c2C1. The topological polar surface area (TPSA) is 75.4 Å². The molecule has 7 nitrogen and oxygen atoms in total. The van der Waals surface area contributed by atoms with Crippen LogP contribution in [0.25, 0.3) is 16.9 Å². The van der Waals surface area contributed by atoms with Gasteiger partial charge in [0.2, 0.25) is 0 Å². The van der Waals surface area contributed by atoms with E-state index in [4.69, 9.17) is 0 Å². The summed E-state index contributed by atoms with van der Waals surface area (Å²) < 4.78 is 3.26. The van der Waals surface area contributed by atoms with Crippen molar-refractivity contribution in [2.45, 2.75) is 13.0 Å². The Morgan fingerprint density at radius 1 is 1.14 bits per heavy atom. The van der Waals surface area contributed by atoms with Crippen LogP contribution in [0.2, 0.25) is 0 Å². The van der Waals surface area contributed by atoms with Crippen LogP contribution in [0, 0.1) is 0 Å². The van der Waals surface area contributed by atoms with Crippen LogP contribution in [0.15, 0.2) is 59.5 Å². The van der Waals surface area contributed by atoms with Gasteiger partial charge in [0, 0.05) is 32.3 Å². The Kier molecular flexibility index (Phi) is 3.68. The van der Waals surface area contributed by atoms with Gasteiger partial charge < -0.3 is 9.47 Å². The number of nitrogens with zero attached hydrogens (tertiary/aromatic N) is 4. The first-order valence-electron chi connectivity index (χ1n) is 9.21. The predicted molar refractivity (Wildman–Crippen MR) is 105 cm³/mol. The molecule has 140 valence electrons. The molecule has 1 amide bonds. The number of hydrogen-bond acceptors (Lipinski definition) is 3. The fraction of sp³-hybridized carbons (Fsp3) is 0.190. The Labute approximate surface area is 160 Å². The van der Waals surface area contributed by atoms with Crippen LogP contribution in [-0.2, 0) is 20.0 Å². The van der Waals surface area contributed by atoms with E-state index in [2.05, 4.69) is 10.1 Å². The van der Waals surface area contributed by atoms with Crippen LogP contribution in [0.5, 0.6) is 0 Å². The van der Waals surface area contributed by atoms with Gasteiger partial charge in [0.1, 0.15) is 5.69 Å². The number of H-pyrrole nitrogens is 1. The molecule has 7 heteroatoms. The van der Waals surface area contributed by atoms with E-state index < -0.39 is 0 Å². The summed E-state index contributed by atoms with van der Waals surface area (Å²) in [6.07, 6.45) is 2.41. The van der Waals surface area contributed by atoms with E-state index in [9.17, 15) is 9.59 Å². The van der Waals surface area contributed by atoms with Gasteiger partial charge in [-0.3, -0.25) is 14.7 Å². The molecule has 4 aromatic rings. The summed E-state index contributed by atoms with van der Waals surface area (Å²) in [6, 6.07) is 15.3. The minimum Gasteiger partial charge on any atom is -0.347 e. The van der Waals surface area contributed by atoms with Gasteiger partial charge >= 0.3 is 0 Å². The van der Waals surface area contributed by atoms with Gasteiger partial charge in [-0.25, -0.2) is 9.50 Å². The Morgan fingerprint density at radius 3 is 2.71 bits per heavy atom. The minimum atomic E-state index is -0.147. The summed E-state index contributed by atoms with van der Waals surface area (Å²) in [4.78, 5) is 32.3. The molecule has 0 aliphatic carbocycles. The average molecular weight is 373 g/mol. The van der Waals surface area contributed by atoms with E-state index in [0.29, 0.717) is 29.9 Å². The first-order valence-corrected chi connectivity index (χ1v) is 9.21. The third kappa shape index (κ3) is 2.55. The fourth-order valence-electron chi connectivity index (χ4n) is 3.77. The molecule has 0 saturated heterocycles. The van der Waals surface area contributed by atoms with Gasteiger partial charge in [0.05, 0.1) is 23.5 Å². The Bertz CT molecular complexity index is 1250. The lowest BCUT2D eigenvalue weighted by Crippen LogP contribution is -2.40. The van der Waals surface area contributed by atoms with Crippen molar-refractivity contribution in [2.24, 2.45) is 7.05 Å². The molecule has 28 heavy (non-hydrogen) atoms. The summed E-state index contributed by atoms with van der Waals surface area (Å²) >= 11 is 0. The van der Waals surface area contributed by atoms with Crippen molar-refractivity contribution in [1.82, 2.24) is 24.1 Å². The van der Waals surface area contributed by atoms with Crippen molar-refractivity contribution in [3.63, 3.8) is 0 Å². The summed E-state index contributed by atoms with van der Waals surface area (Å²) in [5, 5.41) is 3.15. The maximum atomic E-state index is 13.1. The molecule has 0 bridgehead atoms. The van der Waals surface area contributed by atoms with E-state index in [1.807, 2.05) is 55.7 Å². The second-order valence-corrected chi connectivity index (χ2v) is 7.05. The quantitative estimate of drug-likeness (QED) is 0.585. The van der Waals surface area contributed by atoms with Crippen molar-refractivity contribution in [3.8, 4) is 11.3 Å². The summed E-state index contributed by atoms with van der Waals surface area (Å²) in [5.74, 6) is -0.0703. The molecule has 5 rings (SSSR count). The van der Waals surface area contributed by atoms with Gasteiger partial charge in [-0.1, -0.05) is 30.3 Å². The number of hydrogen-bond donors (Lipinski definition) is 1. The molecule has 1 aliphatic rings. The molecule has 1 aromatic carbocycles. The van der Waals surface area contributed by atoms with Crippen LogP contribution in [0.1, 0.15) is 21.7 Å². The van der Waals surface area contributed by atoms with Gasteiger partial charge in [0.25, 0.3) is 11.5 Å². The maximum absolute atomic E-state index is 13.1. The first-order chi connectivity index (χ1) is 13.6. The summed E-state index contributed by atoms with van der Waals surface area (Å²) in [5.41, 5.74) is 4.25. The minimum absolute atomic E-state index is 0.0703. The number of rotatable bonds is 2. The molecule has 0 saturated carbocycles. The van der Waals surface area contributed by atoms with Crippen LogP contribution in [0.4, 0.5) is 0 Å². The van der Waals surface area contributed by atoms with E-state index in [-0.39, 0.29) is 18.0 Å². The summed E-state index contributed by atoms with van der Waals surface area (Å²) in [7, 11) is 1.84. The Balaban J connectivity index is 1.54. The van der Waals surface area contributed by atoms with Crippen LogP contribution in [-0.4, -0.2) is 36.5 Å². The highest BCUT2D eigenvalue weighted by atomic mass is 16.2. The first kappa shape index (κ1) is 16.6. The third-order valence-electron chi connectivity index (χ3n) is 5.30. The number of benzene rings is 1. The molecule has 0 radical (unpaired) electrons. The standard InChI is InChI=1S/C21H19N5O2/c1-24-10-5-8-18(24)21(28)25-11-9-16-15(13-25)20(27)26-19(22-16)12-17(23-26)14-6-3-2-4-7-14/h2-8,10,12,23H,9,11,13H2,1H3. The molecule has 1 aliphatic heterocycles. The number of nitrogens with one attached hydrogen (secondary N) is 1. The van der Waals surface area contributed by atoms with Crippen molar-refractivity contribution in [3.05, 3.63) is 82.0 Å². The zero-order valence-electron chi connectivity index (χ0n) is 15.4. The normalized spacial score (nSPS) is 13.7. The van der Waals surface area contributed by atoms with E-state index >= 15 is 0 Å². The number of amides is 1. The number of carbonyl (C=O) groups is 1. The maximum Gasteiger partial charge on any atom is 0.277 e.